The van der Waals surface area contributed by atoms with E-state index in [0.29, 0.717) is 6.54 Å². The third-order valence-electron chi connectivity index (χ3n) is 6.54. The van der Waals surface area contributed by atoms with Crippen LogP contribution < -0.4 is 5.32 Å². The number of hydrogen-bond acceptors (Lipinski definition) is 4. The van der Waals surface area contributed by atoms with Gasteiger partial charge in [-0.15, -0.1) is 0 Å². The number of likely N-dealkylation sites (N-methyl/N-ethyl adjacent to an activating group) is 1. The molecule has 0 aliphatic heterocycles. The number of ether oxygens (including phenoxy) is 1. The van der Waals surface area contributed by atoms with Crippen LogP contribution in [0.2, 0.25) is 0 Å². The second-order valence-electron chi connectivity index (χ2n) is 9.15. The number of rotatable bonds is 13. The summed E-state index contributed by atoms with van der Waals surface area (Å²) >= 11 is 0. The summed E-state index contributed by atoms with van der Waals surface area (Å²) in [4.78, 5) is 38.3. The van der Waals surface area contributed by atoms with Gasteiger partial charge in [-0.25, -0.2) is 4.79 Å². The summed E-state index contributed by atoms with van der Waals surface area (Å²) in [6.45, 7) is 2.79. The SMILES string of the molecule is CCCCCCCCN(C)C(=O)[C@H](CC(=O)O)NC(=O)OCC1c2ccccc2-c2ccccc21. The molecule has 2 N–H and O–H groups in total. The van der Waals surface area contributed by atoms with E-state index in [9.17, 15) is 19.5 Å². The van der Waals surface area contributed by atoms with Crippen molar-refractivity contribution >= 4 is 18.0 Å². The first-order valence-corrected chi connectivity index (χ1v) is 12.5. The highest BCUT2D eigenvalue weighted by Gasteiger charge is 2.31. The first-order valence-electron chi connectivity index (χ1n) is 12.5. The predicted octanol–water partition coefficient (Wildman–Crippen LogP) is 5.19. The summed E-state index contributed by atoms with van der Waals surface area (Å²) in [6.07, 6.45) is 5.25. The Kier molecular flexibility index (Phi) is 9.70. The largest absolute Gasteiger partial charge is 0.481 e. The van der Waals surface area contributed by atoms with E-state index in [1.807, 2.05) is 36.4 Å². The molecule has 188 valence electrons. The Hall–Kier alpha value is -3.35. The number of benzene rings is 2. The van der Waals surface area contributed by atoms with Gasteiger partial charge in [-0.2, -0.15) is 0 Å². The van der Waals surface area contributed by atoms with Crippen LogP contribution in [0.25, 0.3) is 11.1 Å². The molecule has 1 aliphatic rings. The molecule has 7 heteroatoms. The molecule has 0 aromatic heterocycles. The van der Waals surface area contributed by atoms with Gasteiger partial charge >= 0.3 is 12.1 Å². The molecule has 0 unspecified atom stereocenters. The maximum absolute atomic E-state index is 12.9. The Bertz CT molecular complexity index is 976. The van der Waals surface area contributed by atoms with E-state index in [1.54, 1.807) is 7.05 Å². The van der Waals surface area contributed by atoms with Crippen molar-refractivity contribution in [2.45, 2.75) is 63.8 Å². The van der Waals surface area contributed by atoms with Gasteiger partial charge in [-0.3, -0.25) is 9.59 Å². The number of fused-ring (bicyclic) bond motifs is 3. The number of aliphatic carboxylic acids is 1. The molecule has 35 heavy (non-hydrogen) atoms. The second kappa shape index (κ2) is 12.9. The molecule has 2 amide bonds. The number of nitrogens with zero attached hydrogens (tertiary/aromatic N) is 1. The molecule has 2 aromatic rings. The number of nitrogens with one attached hydrogen (secondary N) is 1. The van der Waals surface area contributed by atoms with Crippen LogP contribution >= 0.6 is 0 Å². The van der Waals surface area contributed by atoms with Crippen molar-refractivity contribution < 1.29 is 24.2 Å². The van der Waals surface area contributed by atoms with Gasteiger partial charge in [-0.05, 0) is 28.7 Å². The minimum Gasteiger partial charge on any atom is -0.481 e. The van der Waals surface area contributed by atoms with Gasteiger partial charge in [0.05, 0.1) is 6.42 Å². The van der Waals surface area contributed by atoms with Gasteiger partial charge in [0, 0.05) is 19.5 Å². The zero-order valence-corrected chi connectivity index (χ0v) is 20.7. The van der Waals surface area contributed by atoms with E-state index in [0.717, 1.165) is 41.5 Å². The average Bonchev–Trinajstić information content (AvgIpc) is 3.17. The Morgan fingerprint density at radius 1 is 0.943 bits per heavy atom. The van der Waals surface area contributed by atoms with Crippen LogP contribution in [0.1, 0.15) is 68.9 Å². The van der Waals surface area contributed by atoms with E-state index in [1.165, 1.54) is 24.2 Å². The number of hydrogen-bond donors (Lipinski definition) is 2. The highest BCUT2D eigenvalue weighted by atomic mass is 16.5. The van der Waals surface area contributed by atoms with Crippen molar-refractivity contribution in [3.8, 4) is 11.1 Å². The molecule has 0 heterocycles. The molecule has 0 radical (unpaired) electrons. The fraction of sp³-hybridized carbons (Fsp3) is 0.464. The topological polar surface area (TPSA) is 95.9 Å². The first kappa shape index (κ1) is 26.3. The summed E-state index contributed by atoms with van der Waals surface area (Å²) in [7, 11) is 1.64. The highest BCUT2D eigenvalue weighted by Crippen LogP contribution is 2.44. The standard InChI is InChI=1S/C28H36N2O5/c1-3-4-5-6-7-12-17-30(2)27(33)25(18-26(31)32)29-28(34)35-19-24-22-15-10-8-13-20(22)21-14-9-11-16-23(21)24/h8-11,13-16,24-25H,3-7,12,17-19H2,1-2H3,(H,29,34)(H,31,32)/t25-/m0/s1. The lowest BCUT2D eigenvalue weighted by Gasteiger charge is -2.24. The Labute approximate surface area is 207 Å². The number of carboxylic acid groups (broad SMARTS) is 1. The molecule has 0 saturated heterocycles. The van der Waals surface area contributed by atoms with E-state index in [2.05, 4.69) is 24.4 Å². The Balaban J connectivity index is 1.56. The van der Waals surface area contributed by atoms with Crippen molar-refractivity contribution in [3.63, 3.8) is 0 Å². The lowest BCUT2D eigenvalue weighted by atomic mass is 9.98. The van der Waals surface area contributed by atoms with Crippen molar-refractivity contribution in [1.29, 1.82) is 0 Å². The van der Waals surface area contributed by atoms with Gasteiger partial charge in [0.2, 0.25) is 5.91 Å². The lowest BCUT2D eigenvalue weighted by Crippen LogP contribution is -2.48. The smallest absolute Gasteiger partial charge is 0.407 e. The molecular formula is C28H36N2O5. The maximum atomic E-state index is 12.9. The van der Waals surface area contributed by atoms with Crippen molar-refractivity contribution in [2.24, 2.45) is 0 Å². The minimum atomic E-state index is -1.17. The molecule has 2 aromatic carbocycles. The van der Waals surface area contributed by atoms with Crippen LogP contribution in [0, 0.1) is 0 Å². The minimum absolute atomic E-state index is 0.0987. The van der Waals surface area contributed by atoms with Crippen LogP contribution in [0.3, 0.4) is 0 Å². The zero-order valence-electron chi connectivity index (χ0n) is 20.7. The average molecular weight is 481 g/mol. The molecule has 1 aliphatic carbocycles. The molecular weight excluding hydrogens is 444 g/mol. The summed E-state index contributed by atoms with van der Waals surface area (Å²) < 4.78 is 5.50. The molecule has 0 bridgehead atoms. The second-order valence-corrected chi connectivity index (χ2v) is 9.15. The highest BCUT2D eigenvalue weighted by molar-refractivity contribution is 5.89. The monoisotopic (exact) mass is 480 g/mol. The van der Waals surface area contributed by atoms with Gasteiger partial charge < -0.3 is 20.1 Å². The predicted molar refractivity (Wildman–Crippen MR) is 135 cm³/mol. The van der Waals surface area contributed by atoms with E-state index < -0.39 is 30.4 Å². The number of carboxylic acids is 1. The van der Waals surface area contributed by atoms with Gasteiger partial charge in [0.1, 0.15) is 12.6 Å². The lowest BCUT2D eigenvalue weighted by molar-refractivity contribution is -0.142. The van der Waals surface area contributed by atoms with Crippen LogP contribution in [-0.2, 0) is 14.3 Å². The van der Waals surface area contributed by atoms with Crippen molar-refractivity contribution in [2.75, 3.05) is 20.2 Å². The number of carbonyl (C=O) groups excluding carboxylic acids is 2. The van der Waals surface area contributed by atoms with Crippen molar-refractivity contribution in [1.82, 2.24) is 10.2 Å². The molecule has 3 rings (SSSR count). The third kappa shape index (κ3) is 7.07. The Morgan fingerprint density at radius 2 is 1.51 bits per heavy atom. The van der Waals surface area contributed by atoms with Gasteiger partial charge in [0.25, 0.3) is 0 Å². The Morgan fingerprint density at radius 3 is 2.11 bits per heavy atom. The van der Waals surface area contributed by atoms with E-state index >= 15 is 0 Å². The fourth-order valence-electron chi connectivity index (χ4n) is 4.66. The normalized spacial score (nSPS) is 13.0. The van der Waals surface area contributed by atoms with Crippen LogP contribution in [0.15, 0.2) is 48.5 Å². The van der Waals surface area contributed by atoms with E-state index in [-0.39, 0.29) is 12.5 Å². The number of carbonyl (C=O) groups is 3. The van der Waals surface area contributed by atoms with Crippen LogP contribution in [0.5, 0.6) is 0 Å². The molecule has 1 atom stereocenters. The summed E-state index contributed by atoms with van der Waals surface area (Å²) in [5.41, 5.74) is 4.40. The van der Waals surface area contributed by atoms with Gasteiger partial charge in [0.15, 0.2) is 0 Å². The summed E-state index contributed by atoms with van der Waals surface area (Å²) in [6, 6.07) is 14.9. The zero-order chi connectivity index (χ0) is 25.2. The van der Waals surface area contributed by atoms with Crippen LogP contribution in [0.4, 0.5) is 4.79 Å². The summed E-state index contributed by atoms with van der Waals surface area (Å²) in [5.74, 6) is -1.69. The molecule has 0 saturated carbocycles. The van der Waals surface area contributed by atoms with Crippen LogP contribution in [-0.4, -0.2) is 54.2 Å². The first-order chi connectivity index (χ1) is 16.9. The number of amides is 2. The molecule has 7 nitrogen and oxygen atoms in total. The number of alkyl carbamates (subject to hydrolysis) is 1. The molecule has 0 fully saturated rings. The quantitative estimate of drug-likeness (QED) is 0.385. The summed E-state index contributed by atoms with van der Waals surface area (Å²) in [5, 5.41) is 11.8. The van der Waals surface area contributed by atoms with Gasteiger partial charge in [-0.1, -0.05) is 87.6 Å². The maximum Gasteiger partial charge on any atom is 0.407 e. The third-order valence-corrected chi connectivity index (χ3v) is 6.54. The van der Waals surface area contributed by atoms with Crippen molar-refractivity contribution in [3.05, 3.63) is 59.7 Å². The molecule has 0 spiro atoms. The fourth-order valence-corrected chi connectivity index (χ4v) is 4.66. The number of unbranched alkanes of at least 4 members (excludes halogenated alkanes) is 5. The van der Waals surface area contributed by atoms with E-state index in [4.69, 9.17) is 4.74 Å².